The number of nitrogens with zero attached hydrogens (tertiary/aromatic N) is 2. The van der Waals surface area contributed by atoms with Crippen LogP contribution in [0, 0.1) is 22.0 Å². The van der Waals surface area contributed by atoms with E-state index in [-0.39, 0.29) is 17.5 Å². The molecule has 1 aromatic rings. The number of nitriles is 2. The molecule has 0 spiro atoms. The fraction of sp³-hybridized carbons (Fsp3) is 0.522. The summed E-state index contributed by atoms with van der Waals surface area (Å²) < 4.78 is 0. The van der Waals surface area contributed by atoms with Gasteiger partial charge in [-0.3, -0.25) is 4.79 Å². The average Bonchev–Trinajstić information content (AvgIpc) is 2.72. The summed E-state index contributed by atoms with van der Waals surface area (Å²) in [7, 11) is 0. The highest BCUT2D eigenvalue weighted by Crippen LogP contribution is 2.20. The van der Waals surface area contributed by atoms with Crippen LogP contribution in [0.25, 0.3) is 0 Å². The van der Waals surface area contributed by atoms with Crippen LogP contribution in [0.3, 0.4) is 0 Å². The number of anilines is 1. The second-order valence-electron chi connectivity index (χ2n) is 7.46. The number of carbonyl (C=O) groups excluding carboxylic acids is 1. The molecule has 1 amide bonds. The molecule has 0 aliphatic heterocycles. The van der Waals surface area contributed by atoms with Gasteiger partial charge in [0.2, 0.25) is 0 Å². The van der Waals surface area contributed by atoms with Crippen molar-refractivity contribution in [2.45, 2.75) is 81.6 Å². The van der Waals surface area contributed by atoms with Crippen molar-refractivity contribution in [1.82, 2.24) is 5.32 Å². The summed E-state index contributed by atoms with van der Waals surface area (Å²) >= 11 is 1.09. The first-order valence-corrected chi connectivity index (χ1v) is 11.4. The third-order valence-corrected chi connectivity index (χ3v) is 5.81. The van der Waals surface area contributed by atoms with Gasteiger partial charge in [-0.1, -0.05) is 57.8 Å². The number of benzene rings is 1. The van der Waals surface area contributed by atoms with Crippen molar-refractivity contribution in [3.8, 4) is 11.5 Å². The molecule has 5 nitrogen and oxygen atoms in total. The van der Waals surface area contributed by atoms with E-state index in [1.165, 1.54) is 51.1 Å². The Morgan fingerprint density at radius 2 is 1.48 bits per heavy atom. The zero-order valence-electron chi connectivity index (χ0n) is 17.0. The molecule has 1 fully saturated rings. The summed E-state index contributed by atoms with van der Waals surface area (Å²) in [6, 6.07) is 9.41. The molecule has 2 N–H and O–H groups in total. The third kappa shape index (κ3) is 9.07. The van der Waals surface area contributed by atoms with Crippen molar-refractivity contribution in [3.05, 3.63) is 36.0 Å². The number of amides is 1. The highest BCUT2D eigenvalue weighted by molar-refractivity contribution is 8.03. The predicted molar refractivity (Wildman–Crippen MR) is 118 cm³/mol. The smallest absolute Gasteiger partial charge is 0.263 e. The first kappa shape index (κ1) is 22.8. The Hall–Kier alpha value is -2.44. The summed E-state index contributed by atoms with van der Waals surface area (Å²) in [5, 5.41) is 26.2. The minimum Gasteiger partial charge on any atom is -0.360 e. The molecule has 1 aliphatic carbocycles. The molecule has 0 bridgehead atoms. The van der Waals surface area contributed by atoms with Crippen molar-refractivity contribution < 1.29 is 4.79 Å². The number of nitrogens with one attached hydrogen (secondary N) is 2. The summed E-state index contributed by atoms with van der Waals surface area (Å²) in [6.07, 6.45) is 14.7. The molecule has 1 aromatic carbocycles. The van der Waals surface area contributed by atoms with Gasteiger partial charge in [0.25, 0.3) is 5.91 Å². The van der Waals surface area contributed by atoms with Gasteiger partial charge in [0.15, 0.2) is 0 Å². The third-order valence-electron chi connectivity index (χ3n) is 5.21. The van der Waals surface area contributed by atoms with Crippen LogP contribution < -0.4 is 10.6 Å². The molecule has 0 aromatic heterocycles. The number of rotatable bonds is 5. The van der Waals surface area contributed by atoms with Gasteiger partial charge in [-0.2, -0.15) is 10.5 Å². The highest BCUT2D eigenvalue weighted by Gasteiger charge is 2.16. The SMILES string of the molecule is N#CSc1ccc(N/C=C(/C#N)C(=O)NC2CCCCCCCCCCC2)cc1. The lowest BCUT2D eigenvalue weighted by Gasteiger charge is -2.19. The monoisotopic (exact) mass is 410 g/mol. The first-order chi connectivity index (χ1) is 14.2. The number of thiocyanates is 1. The second-order valence-corrected chi connectivity index (χ2v) is 8.32. The zero-order valence-corrected chi connectivity index (χ0v) is 17.8. The molecule has 1 aliphatic rings. The summed E-state index contributed by atoms with van der Waals surface area (Å²) in [6.45, 7) is 0. The van der Waals surface area contributed by atoms with Gasteiger partial charge in [-0.05, 0) is 48.9 Å². The van der Waals surface area contributed by atoms with Gasteiger partial charge in [-0.25, -0.2) is 0 Å². The van der Waals surface area contributed by atoms with Crippen molar-refractivity contribution in [2.24, 2.45) is 0 Å². The molecular formula is C23H30N4OS. The van der Waals surface area contributed by atoms with Crippen LogP contribution in [0.1, 0.15) is 70.6 Å². The van der Waals surface area contributed by atoms with Gasteiger partial charge in [0.1, 0.15) is 17.0 Å². The molecule has 1 saturated carbocycles. The lowest BCUT2D eigenvalue weighted by Crippen LogP contribution is -2.35. The maximum absolute atomic E-state index is 12.6. The topological polar surface area (TPSA) is 88.7 Å². The normalized spacial score (nSPS) is 17.1. The van der Waals surface area contributed by atoms with Crippen LogP contribution in [-0.2, 0) is 4.79 Å². The Morgan fingerprint density at radius 3 is 2.00 bits per heavy atom. The Bertz CT molecular complexity index is 734. The molecule has 0 heterocycles. The number of hydrogen-bond acceptors (Lipinski definition) is 5. The molecule has 2 rings (SSSR count). The van der Waals surface area contributed by atoms with Crippen LogP contribution in [0.5, 0.6) is 0 Å². The Morgan fingerprint density at radius 1 is 0.931 bits per heavy atom. The number of carbonyl (C=O) groups is 1. The first-order valence-electron chi connectivity index (χ1n) is 10.6. The lowest BCUT2D eigenvalue weighted by atomic mass is 9.98. The Balaban J connectivity index is 1.91. The highest BCUT2D eigenvalue weighted by atomic mass is 32.2. The van der Waals surface area contributed by atoms with E-state index in [2.05, 4.69) is 10.6 Å². The van der Waals surface area contributed by atoms with Crippen molar-refractivity contribution in [1.29, 1.82) is 10.5 Å². The summed E-state index contributed by atoms with van der Waals surface area (Å²) in [5.41, 5.74) is 0.838. The standard InChI is InChI=1S/C23H30N4OS/c24-16-19(17-26-20-12-14-22(15-13-20)29-18-25)23(28)27-21-10-8-6-4-2-1-3-5-7-9-11-21/h12-15,17,21,26H,1-11H2,(H,27,28)/b19-17-. The fourth-order valence-corrected chi connectivity index (χ4v) is 3.92. The van der Waals surface area contributed by atoms with Crippen molar-refractivity contribution >= 4 is 23.4 Å². The van der Waals surface area contributed by atoms with E-state index < -0.39 is 0 Å². The van der Waals surface area contributed by atoms with Crippen LogP contribution in [0.4, 0.5) is 5.69 Å². The molecule has 154 valence electrons. The second kappa shape index (κ2) is 13.7. The molecule has 0 saturated heterocycles. The van der Waals surface area contributed by atoms with Crippen LogP contribution in [0.15, 0.2) is 40.9 Å². The molecule has 0 radical (unpaired) electrons. The molecule has 0 atom stereocenters. The predicted octanol–water partition coefficient (Wildman–Crippen LogP) is 5.87. The van der Waals surface area contributed by atoms with Gasteiger partial charge < -0.3 is 10.6 Å². The van der Waals surface area contributed by atoms with E-state index >= 15 is 0 Å². The molecule has 29 heavy (non-hydrogen) atoms. The van der Waals surface area contributed by atoms with Crippen LogP contribution in [-0.4, -0.2) is 11.9 Å². The molecular weight excluding hydrogens is 380 g/mol. The Kier molecular flexibility index (Phi) is 10.8. The molecule has 0 unspecified atom stereocenters. The minimum atomic E-state index is -0.311. The summed E-state index contributed by atoms with van der Waals surface area (Å²) in [5.74, 6) is -0.311. The maximum Gasteiger partial charge on any atom is 0.263 e. The van der Waals surface area contributed by atoms with E-state index in [1.54, 1.807) is 0 Å². The lowest BCUT2D eigenvalue weighted by molar-refractivity contribution is -0.117. The van der Waals surface area contributed by atoms with Gasteiger partial charge in [0, 0.05) is 22.8 Å². The van der Waals surface area contributed by atoms with E-state index in [1.807, 2.05) is 35.7 Å². The number of hydrogen-bond donors (Lipinski definition) is 2. The van der Waals surface area contributed by atoms with Crippen molar-refractivity contribution in [3.63, 3.8) is 0 Å². The van der Waals surface area contributed by atoms with E-state index in [4.69, 9.17) is 5.26 Å². The minimum absolute atomic E-state index is 0.0755. The van der Waals surface area contributed by atoms with Crippen LogP contribution >= 0.6 is 11.8 Å². The summed E-state index contributed by atoms with van der Waals surface area (Å²) in [4.78, 5) is 13.4. The van der Waals surface area contributed by atoms with Crippen molar-refractivity contribution in [2.75, 3.05) is 5.32 Å². The Labute approximate surface area is 178 Å². The average molecular weight is 411 g/mol. The van der Waals surface area contributed by atoms with Gasteiger partial charge in [0.05, 0.1) is 0 Å². The van der Waals surface area contributed by atoms with E-state index in [0.29, 0.717) is 0 Å². The zero-order chi connectivity index (χ0) is 20.7. The van der Waals surface area contributed by atoms with E-state index in [9.17, 15) is 10.1 Å². The quantitative estimate of drug-likeness (QED) is 0.274. The van der Waals surface area contributed by atoms with E-state index in [0.717, 1.165) is 48.0 Å². The van der Waals surface area contributed by atoms with Gasteiger partial charge in [-0.15, -0.1) is 0 Å². The van der Waals surface area contributed by atoms with Crippen LogP contribution in [0.2, 0.25) is 0 Å². The fourth-order valence-electron chi connectivity index (χ4n) is 3.55. The maximum atomic E-state index is 12.6. The van der Waals surface area contributed by atoms with Gasteiger partial charge >= 0.3 is 0 Å². The largest absolute Gasteiger partial charge is 0.360 e. The molecule has 6 heteroatoms. The number of thioether (sulfide) groups is 1.